The summed E-state index contributed by atoms with van der Waals surface area (Å²) in [7, 11) is -2.85. The van der Waals surface area contributed by atoms with Gasteiger partial charge in [0.25, 0.3) is 0 Å². The van der Waals surface area contributed by atoms with Crippen molar-refractivity contribution in [3.63, 3.8) is 0 Å². The molecule has 96 valence electrons. The van der Waals surface area contributed by atoms with Crippen molar-refractivity contribution < 1.29 is 8.42 Å². The Morgan fingerprint density at radius 3 is 2.12 bits per heavy atom. The minimum atomic E-state index is -2.85. The third-order valence-electron chi connectivity index (χ3n) is 3.38. The van der Waals surface area contributed by atoms with Gasteiger partial charge >= 0.3 is 0 Å². The highest BCUT2D eigenvalue weighted by Gasteiger charge is 2.27. The smallest absolute Gasteiger partial charge is 0.148 e. The molecular formula is C12H25NO2S. The second-order valence-corrected chi connectivity index (χ2v) is 8.30. The molecule has 0 radical (unpaired) electrons. The fraction of sp³-hybridized carbons (Fsp3) is 1.00. The number of rotatable bonds is 5. The average molecular weight is 247 g/mol. The summed E-state index contributed by atoms with van der Waals surface area (Å²) in [4.78, 5) is 2.32. The Hall–Kier alpha value is -0.0900. The number of hydrogen-bond acceptors (Lipinski definition) is 3. The molecule has 4 heteroatoms. The van der Waals surface area contributed by atoms with Crippen molar-refractivity contribution in [3.8, 4) is 0 Å². The van der Waals surface area contributed by atoms with Crippen LogP contribution in [0, 0.1) is 5.92 Å². The van der Waals surface area contributed by atoms with E-state index in [9.17, 15) is 8.42 Å². The van der Waals surface area contributed by atoms with Crippen LogP contribution in [0.5, 0.6) is 0 Å². The molecule has 0 amide bonds. The van der Waals surface area contributed by atoms with E-state index in [0.29, 0.717) is 6.54 Å². The largest absolute Gasteiger partial charge is 0.297 e. The van der Waals surface area contributed by atoms with E-state index in [1.54, 1.807) is 0 Å². The Bertz CT molecular complexity index is 312. The summed E-state index contributed by atoms with van der Waals surface area (Å²) in [5, 5.41) is 0. The third-order valence-corrected chi connectivity index (χ3v) is 4.31. The zero-order chi connectivity index (χ0) is 12.4. The normalized spacial score (nSPS) is 18.8. The van der Waals surface area contributed by atoms with E-state index >= 15 is 0 Å². The lowest BCUT2D eigenvalue weighted by Crippen LogP contribution is -2.47. The highest BCUT2D eigenvalue weighted by Crippen LogP contribution is 2.29. The van der Waals surface area contributed by atoms with Gasteiger partial charge in [0.05, 0.1) is 5.75 Å². The van der Waals surface area contributed by atoms with Crippen LogP contribution in [-0.4, -0.2) is 44.0 Å². The number of hydrogen-bond donors (Lipinski definition) is 0. The fourth-order valence-corrected chi connectivity index (χ4v) is 2.52. The molecule has 0 heterocycles. The molecule has 0 N–H and O–H groups in total. The summed E-state index contributed by atoms with van der Waals surface area (Å²) in [6.07, 6.45) is 5.28. The summed E-state index contributed by atoms with van der Waals surface area (Å²) in [6.45, 7) is 8.20. The van der Waals surface area contributed by atoms with Gasteiger partial charge in [-0.2, -0.15) is 0 Å². The van der Waals surface area contributed by atoms with E-state index < -0.39 is 9.84 Å². The number of nitrogens with zero attached hydrogens (tertiary/aromatic N) is 1. The molecule has 0 aromatic rings. The van der Waals surface area contributed by atoms with E-state index in [4.69, 9.17) is 0 Å². The first kappa shape index (κ1) is 14.0. The maximum Gasteiger partial charge on any atom is 0.148 e. The molecule has 1 aliphatic rings. The minimum absolute atomic E-state index is 0.0697. The lowest BCUT2D eigenvalue weighted by molar-refractivity contribution is 0.0966. The first-order valence-corrected chi connectivity index (χ1v) is 8.17. The third kappa shape index (κ3) is 4.83. The lowest BCUT2D eigenvalue weighted by atomic mass is 9.84. The van der Waals surface area contributed by atoms with Gasteiger partial charge in [-0.3, -0.25) is 4.90 Å². The first-order chi connectivity index (χ1) is 7.18. The Morgan fingerprint density at radius 2 is 1.81 bits per heavy atom. The van der Waals surface area contributed by atoms with Crippen molar-refractivity contribution in [2.24, 2.45) is 5.92 Å². The van der Waals surface area contributed by atoms with Gasteiger partial charge in [-0.05, 0) is 39.5 Å². The molecule has 0 spiro atoms. The SMILES string of the molecule is CC(C)(C)N(CCS(C)(=O)=O)CC1CCC1. The predicted octanol–water partition coefficient (Wildman–Crippen LogP) is 1.93. The summed E-state index contributed by atoms with van der Waals surface area (Å²) < 4.78 is 22.4. The van der Waals surface area contributed by atoms with Gasteiger partial charge in [0.15, 0.2) is 0 Å². The van der Waals surface area contributed by atoms with Gasteiger partial charge in [0.1, 0.15) is 9.84 Å². The van der Waals surface area contributed by atoms with Crippen molar-refractivity contribution in [2.75, 3.05) is 25.1 Å². The van der Waals surface area contributed by atoms with Gasteiger partial charge in [0, 0.05) is 24.9 Å². The van der Waals surface area contributed by atoms with Crippen molar-refractivity contribution in [1.29, 1.82) is 0 Å². The van der Waals surface area contributed by atoms with E-state index in [1.165, 1.54) is 25.5 Å². The zero-order valence-electron chi connectivity index (χ0n) is 11.0. The van der Waals surface area contributed by atoms with Crippen LogP contribution < -0.4 is 0 Å². The molecule has 1 rings (SSSR count). The standard InChI is InChI=1S/C12H25NO2S/c1-12(2,3)13(8-9-16(4,14)15)10-11-6-5-7-11/h11H,5-10H2,1-4H3. The first-order valence-electron chi connectivity index (χ1n) is 6.11. The molecule has 1 aliphatic carbocycles. The molecule has 0 bridgehead atoms. The van der Waals surface area contributed by atoms with Crippen LogP contribution in [0.25, 0.3) is 0 Å². The molecule has 0 saturated heterocycles. The second-order valence-electron chi connectivity index (χ2n) is 6.04. The van der Waals surface area contributed by atoms with Crippen molar-refractivity contribution in [3.05, 3.63) is 0 Å². The molecule has 0 atom stereocenters. The van der Waals surface area contributed by atoms with Gasteiger partial charge in [-0.15, -0.1) is 0 Å². The van der Waals surface area contributed by atoms with E-state index in [2.05, 4.69) is 25.7 Å². The molecule has 0 aliphatic heterocycles. The number of sulfone groups is 1. The van der Waals surface area contributed by atoms with Gasteiger partial charge < -0.3 is 0 Å². The fourth-order valence-electron chi connectivity index (χ4n) is 1.96. The Balaban J connectivity index is 2.50. The van der Waals surface area contributed by atoms with Gasteiger partial charge in [-0.1, -0.05) is 6.42 Å². The molecule has 0 aromatic heterocycles. The Labute approximate surface area is 100 Å². The summed E-state index contributed by atoms with van der Waals surface area (Å²) in [6, 6.07) is 0. The summed E-state index contributed by atoms with van der Waals surface area (Å²) >= 11 is 0. The molecule has 1 saturated carbocycles. The molecule has 1 fully saturated rings. The monoisotopic (exact) mass is 247 g/mol. The van der Waals surface area contributed by atoms with Crippen LogP contribution in [0.2, 0.25) is 0 Å². The minimum Gasteiger partial charge on any atom is -0.297 e. The quantitative estimate of drug-likeness (QED) is 0.745. The zero-order valence-corrected chi connectivity index (χ0v) is 11.8. The maximum atomic E-state index is 11.2. The average Bonchev–Trinajstić information content (AvgIpc) is 1.95. The van der Waals surface area contributed by atoms with Crippen molar-refractivity contribution >= 4 is 9.84 Å². The van der Waals surface area contributed by atoms with Crippen LogP contribution in [-0.2, 0) is 9.84 Å². The van der Waals surface area contributed by atoms with Gasteiger partial charge in [-0.25, -0.2) is 8.42 Å². The predicted molar refractivity (Wildman–Crippen MR) is 68.4 cm³/mol. The molecular weight excluding hydrogens is 222 g/mol. The Morgan fingerprint density at radius 1 is 1.25 bits per heavy atom. The molecule has 0 unspecified atom stereocenters. The molecule has 16 heavy (non-hydrogen) atoms. The van der Waals surface area contributed by atoms with E-state index in [-0.39, 0.29) is 11.3 Å². The van der Waals surface area contributed by atoms with E-state index in [0.717, 1.165) is 12.5 Å². The highest BCUT2D eigenvalue weighted by atomic mass is 32.2. The summed E-state index contributed by atoms with van der Waals surface area (Å²) in [5.74, 6) is 1.07. The second kappa shape index (κ2) is 5.05. The lowest BCUT2D eigenvalue weighted by Gasteiger charge is -2.40. The Kier molecular flexibility index (Phi) is 4.41. The van der Waals surface area contributed by atoms with E-state index in [1.807, 2.05) is 0 Å². The molecule has 0 aromatic carbocycles. The van der Waals surface area contributed by atoms with Crippen molar-refractivity contribution in [2.45, 2.75) is 45.6 Å². The van der Waals surface area contributed by atoms with Gasteiger partial charge in [0.2, 0.25) is 0 Å². The summed E-state index contributed by atoms with van der Waals surface area (Å²) in [5.41, 5.74) is 0.0697. The maximum absolute atomic E-state index is 11.2. The van der Waals surface area contributed by atoms with Crippen LogP contribution in [0.15, 0.2) is 0 Å². The van der Waals surface area contributed by atoms with Crippen LogP contribution >= 0.6 is 0 Å². The topological polar surface area (TPSA) is 37.4 Å². The van der Waals surface area contributed by atoms with Crippen molar-refractivity contribution in [1.82, 2.24) is 4.90 Å². The highest BCUT2D eigenvalue weighted by molar-refractivity contribution is 7.90. The molecule has 3 nitrogen and oxygen atoms in total. The van der Waals surface area contributed by atoms with Crippen LogP contribution in [0.1, 0.15) is 40.0 Å². The van der Waals surface area contributed by atoms with Crippen LogP contribution in [0.3, 0.4) is 0 Å². The van der Waals surface area contributed by atoms with Crippen LogP contribution in [0.4, 0.5) is 0 Å².